The highest BCUT2D eigenvalue weighted by Crippen LogP contribution is 2.31. The van der Waals surface area contributed by atoms with Crippen LogP contribution in [-0.4, -0.2) is 36.4 Å². The lowest BCUT2D eigenvalue weighted by Gasteiger charge is -2.14. The Hall–Kier alpha value is -0.880. The van der Waals surface area contributed by atoms with Gasteiger partial charge in [-0.05, 0) is 30.0 Å². The fourth-order valence-corrected chi connectivity index (χ4v) is 2.67. The third-order valence-electron chi connectivity index (χ3n) is 3.33. The number of aryl methyl sites for hydroxylation is 2. The van der Waals surface area contributed by atoms with Crippen LogP contribution in [0.2, 0.25) is 0 Å². The molecule has 122 valence electrons. The van der Waals surface area contributed by atoms with E-state index in [0.717, 1.165) is 11.1 Å². The second-order valence-corrected chi connectivity index (χ2v) is 5.94. The zero-order valence-corrected chi connectivity index (χ0v) is 16.0. The summed E-state index contributed by atoms with van der Waals surface area (Å²) in [5.41, 5.74) is 1.91. The molecule has 0 aliphatic carbocycles. The molecule has 0 spiro atoms. The number of Topliss-reactive ketones (excluding diaryl/α,β-unsaturated/α-hetero) is 2. The van der Waals surface area contributed by atoms with Gasteiger partial charge in [0, 0.05) is 18.9 Å². The summed E-state index contributed by atoms with van der Waals surface area (Å²) in [4.78, 5) is 23.0. The van der Waals surface area contributed by atoms with Crippen LogP contribution in [0.25, 0.3) is 0 Å². The van der Waals surface area contributed by atoms with E-state index in [4.69, 9.17) is 9.47 Å². The van der Waals surface area contributed by atoms with Gasteiger partial charge < -0.3 is 9.47 Å². The average Bonchev–Trinajstić information content (AvgIpc) is 2.56. The quantitative estimate of drug-likeness (QED) is 0.528. The molecule has 0 atom stereocenters. The lowest BCUT2D eigenvalue weighted by molar-refractivity contribution is -0.117. The lowest BCUT2D eigenvalue weighted by Crippen LogP contribution is -2.05. The molecule has 0 saturated heterocycles. The van der Waals surface area contributed by atoms with Gasteiger partial charge >= 0.3 is 0 Å². The van der Waals surface area contributed by atoms with Gasteiger partial charge in [0.25, 0.3) is 0 Å². The van der Waals surface area contributed by atoms with Crippen LogP contribution < -0.4 is 9.47 Å². The van der Waals surface area contributed by atoms with E-state index < -0.39 is 0 Å². The van der Waals surface area contributed by atoms with E-state index in [1.807, 2.05) is 12.1 Å². The molecule has 0 fully saturated rings. The number of halogens is 2. The van der Waals surface area contributed by atoms with Gasteiger partial charge in [-0.15, -0.1) is 0 Å². The van der Waals surface area contributed by atoms with Gasteiger partial charge in [-0.1, -0.05) is 31.9 Å². The van der Waals surface area contributed by atoms with Crippen molar-refractivity contribution in [1.82, 2.24) is 0 Å². The molecule has 0 amide bonds. The molecule has 1 aromatic carbocycles. The highest BCUT2D eigenvalue weighted by molar-refractivity contribution is 9.09. The number of carbonyl (C=O) groups excluding carboxylic acids is 2. The Morgan fingerprint density at radius 1 is 0.864 bits per heavy atom. The minimum atomic E-state index is 0.147. The van der Waals surface area contributed by atoms with E-state index in [9.17, 15) is 9.59 Å². The molecule has 22 heavy (non-hydrogen) atoms. The second kappa shape index (κ2) is 10.0. The summed E-state index contributed by atoms with van der Waals surface area (Å²) >= 11 is 6.33. The molecule has 0 saturated carbocycles. The molecule has 0 N–H and O–H groups in total. The van der Waals surface area contributed by atoms with Gasteiger partial charge in [-0.2, -0.15) is 0 Å². The Bertz CT molecular complexity index is 486. The van der Waals surface area contributed by atoms with E-state index in [0.29, 0.717) is 47.8 Å². The summed E-state index contributed by atoms with van der Waals surface area (Å²) in [6, 6.07) is 3.79. The van der Waals surface area contributed by atoms with Crippen LogP contribution in [0.4, 0.5) is 0 Å². The Balaban J connectivity index is 2.98. The van der Waals surface area contributed by atoms with Gasteiger partial charge in [0.1, 0.15) is 23.1 Å². The zero-order valence-electron chi connectivity index (χ0n) is 12.8. The van der Waals surface area contributed by atoms with Crippen molar-refractivity contribution < 1.29 is 19.1 Å². The molecule has 0 aromatic heterocycles. The first-order valence-corrected chi connectivity index (χ1v) is 9.19. The topological polar surface area (TPSA) is 52.6 Å². The van der Waals surface area contributed by atoms with Gasteiger partial charge in [0.2, 0.25) is 0 Å². The molecule has 4 nitrogen and oxygen atoms in total. The van der Waals surface area contributed by atoms with Crippen molar-refractivity contribution in [2.24, 2.45) is 0 Å². The monoisotopic (exact) mass is 434 g/mol. The number of hydrogen-bond donors (Lipinski definition) is 0. The van der Waals surface area contributed by atoms with E-state index in [-0.39, 0.29) is 11.6 Å². The Morgan fingerprint density at radius 3 is 1.59 bits per heavy atom. The van der Waals surface area contributed by atoms with Crippen LogP contribution in [0.1, 0.15) is 24.0 Å². The summed E-state index contributed by atoms with van der Waals surface area (Å²) in [5, 5.41) is 0.718. The molecule has 0 unspecified atom stereocenters. The fraction of sp³-hybridized carbons (Fsp3) is 0.500. The minimum absolute atomic E-state index is 0.147. The molecule has 0 radical (unpaired) electrons. The maximum absolute atomic E-state index is 11.5. The van der Waals surface area contributed by atoms with Crippen molar-refractivity contribution in [3.05, 3.63) is 23.3 Å². The van der Waals surface area contributed by atoms with Crippen molar-refractivity contribution in [1.29, 1.82) is 0 Å². The SMILES string of the molecule is COc1cc(OC)c(CCC(=O)CBr)cc1CCC(=O)CBr. The summed E-state index contributed by atoms with van der Waals surface area (Å²) < 4.78 is 10.8. The Labute approximate surface area is 147 Å². The number of ether oxygens (including phenoxy) is 2. The van der Waals surface area contributed by atoms with E-state index >= 15 is 0 Å². The number of hydrogen-bond acceptors (Lipinski definition) is 4. The summed E-state index contributed by atoms with van der Waals surface area (Å²) in [6.07, 6.45) is 2.12. The van der Waals surface area contributed by atoms with Crippen molar-refractivity contribution >= 4 is 43.4 Å². The van der Waals surface area contributed by atoms with Gasteiger partial charge in [-0.25, -0.2) is 0 Å². The van der Waals surface area contributed by atoms with Crippen molar-refractivity contribution in [3.8, 4) is 11.5 Å². The number of methoxy groups -OCH3 is 2. The second-order valence-electron chi connectivity index (χ2n) is 4.82. The molecule has 0 aliphatic rings. The first-order valence-electron chi connectivity index (χ1n) is 6.94. The van der Waals surface area contributed by atoms with Crippen LogP contribution in [0.15, 0.2) is 12.1 Å². The summed E-state index contributed by atoms with van der Waals surface area (Å²) in [5.74, 6) is 1.70. The molecular weight excluding hydrogens is 416 g/mol. The number of alkyl halides is 2. The molecule has 1 rings (SSSR count). The third-order valence-corrected chi connectivity index (χ3v) is 4.58. The van der Waals surface area contributed by atoms with Crippen LogP contribution in [0.3, 0.4) is 0 Å². The molecule has 1 aromatic rings. The number of benzene rings is 1. The number of ketones is 2. The minimum Gasteiger partial charge on any atom is -0.496 e. The van der Waals surface area contributed by atoms with Gasteiger partial charge in [-0.3, -0.25) is 9.59 Å². The first kappa shape index (κ1) is 19.2. The van der Waals surface area contributed by atoms with Gasteiger partial charge in [0.05, 0.1) is 24.9 Å². The van der Waals surface area contributed by atoms with Crippen LogP contribution in [-0.2, 0) is 22.4 Å². The summed E-state index contributed by atoms with van der Waals surface area (Å²) in [6.45, 7) is 0. The highest BCUT2D eigenvalue weighted by atomic mass is 79.9. The zero-order chi connectivity index (χ0) is 16.5. The van der Waals surface area contributed by atoms with E-state index in [1.54, 1.807) is 14.2 Å². The first-order chi connectivity index (χ1) is 10.5. The fourth-order valence-electron chi connectivity index (χ4n) is 2.11. The standard InChI is InChI=1S/C16H20Br2O4/c1-21-15-8-16(22-2)12(4-6-14(20)10-18)7-11(15)3-5-13(19)9-17/h7-8H,3-6,9-10H2,1-2H3. The lowest BCUT2D eigenvalue weighted by atomic mass is 9.99. The van der Waals surface area contributed by atoms with Crippen LogP contribution >= 0.6 is 31.9 Å². The number of rotatable bonds is 10. The molecule has 6 heteroatoms. The average molecular weight is 436 g/mol. The predicted octanol–water partition coefficient (Wildman–Crippen LogP) is 3.50. The molecule has 0 bridgehead atoms. The van der Waals surface area contributed by atoms with E-state index in [1.165, 1.54) is 0 Å². The van der Waals surface area contributed by atoms with Crippen LogP contribution in [0.5, 0.6) is 11.5 Å². The molecular formula is C16H20Br2O4. The largest absolute Gasteiger partial charge is 0.496 e. The molecule has 0 aliphatic heterocycles. The van der Waals surface area contributed by atoms with Gasteiger partial charge in [0.15, 0.2) is 0 Å². The number of carbonyl (C=O) groups is 2. The van der Waals surface area contributed by atoms with E-state index in [2.05, 4.69) is 31.9 Å². The maximum Gasteiger partial charge on any atom is 0.143 e. The maximum atomic E-state index is 11.5. The van der Waals surface area contributed by atoms with Crippen molar-refractivity contribution in [3.63, 3.8) is 0 Å². The van der Waals surface area contributed by atoms with Crippen LogP contribution in [0, 0.1) is 0 Å². The smallest absolute Gasteiger partial charge is 0.143 e. The predicted molar refractivity (Wildman–Crippen MR) is 93.8 cm³/mol. The normalized spacial score (nSPS) is 10.4. The highest BCUT2D eigenvalue weighted by Gasteiger charge is 2.13. The third kappa shape index (κ3) is 5.72. The van der Waals surface area contributed by atoms with Crippen molar-refractivity contribution in [2.75, 3.05) is 24.9 Å². The van der Waals surface area contributed by atoms with Crippen molar-refractivity contribution in [2.45, 2.75) is 25.7 Å². The Morgan fingerprint density at radius 2 is 1.27 bits per heavy atom. The molecule has 0 heterocycles. The Kier molecular flexibility index (Phi) is 8.71. The summed E-state index contributed by atoms with van der Waals surface area (Å²) in [7, 11) is 3.19.